The molecule has 2 heterocycles. The number of fused-ring (bicyclic) bond motifs is 1. The molecule has 0 aliphatic carbocycles. The number of hydrogen-bond acceptors (Lipinski definition) is 5. The van der Waals surface area contributed by atoms with Crippen molar-refractivity contribution in [3.8, 4) is 11.4 Å². The van der Waals surface area contributed by atoms with Crippen LogP contribution in [-0.2, 0) is 11.3 Å². The Morgan fingerprint density at radius 1 is 1.21 bits per heavy atom. The first-order valence-electron chi connectivity index (χ1n) is 9.35. The number of carbonyl (C=O) groups excluding carboxylic acids is 2. The average Bonchev–Trinajstić information content (AvgIpc) is 3.38. The number of nitrogens with one attached hydrogen (secondary N) is 1. The Morgan fingerprint density at radius 2 is 1.97 bits per heavy atom. The molecular weight excluding hydrogens is 370 g/mol. The van der Waals surface area contributed by atoms with Gasteiger partial charge in [-0.25, -0.2) is 0 Å². The number of carbonyl (C=O) groups is 2. The Bertz CT molecular complexity index is 1050. The van der Waals surface area contributed by atoms with E-state index < -0.39 is 6.04 Å². The van der Waals surface area contributed by atoms with Crippen LogP contribution in [0.25, 0.3) is 5.69 Å². The third-order valence-electron chi connectivity index (χ3n) is 5.07. The van der Waals surface area contributed by atoms with E-state index in [1.54, 1.807) is 47.4 Å². The van der Waals surface area contributed by atoms with Gasteiger partial charge in [-0.15, -0.1) is 10.2 Å². The lowest BCUT2D eigenvalue weighted by atomic mass is 10.1. The summed E-state index contributed by atoms with van der Waals surface area (Å²) in [5, 5.41) is 10.5. The normalized spacial score (nSPS) is 13.9. The molecule has 8 heteroatoms. The number of hydrogen-bond donors (Lipinski definition) is 1. The van der Waals surface area contributed by atoms with Crippen molar-refractivity contribution in [2.75, 3.05) is 12.4 Å². The number of aromatic nitrogens is 3. The van der Waals surface area contributed by atoms with Crippen molar-refractivity contribution in [1.82, 2.24) is 19.7 Å². The second-order valence-corrected chi connectivity index (χ2v) is 6.76. The van der Waals surface area contributed by atoms with E-state index in [-0.39, 0.29) is 11.8 Å². The fraction of sp³-hybridized carbons (Fsp3) is 0.238. The first kappa shape index (κ1) is 18.7. The maximum Gasteiger partial charge on any atom is 0.255 e. The van der Waals surface area contributed by atoms with Gasteiger partial charge in [-0.1, -0.05) is 25.1 Å². The van der Waals surface area contributed by atoms with E-state index in [4.69, 9.17) is 4.74 Å². The Kier molecular flexibility index (Phi) is 4.99. The molecular formula is C21H21N5O3. The van der Waals surface area contributed by atoms with Gasteiger partial charge in [0.15, 0.2) is 0 Å². The van der Waals surface area contributed by atoms with E-state index >= 15 is 0 Å². The molecule has 148 valence electrons. The van der Waals surface area contributed by atoms with Gasteiger partial charge in [-0.05, 0) is 36.2 Å². The first-order valence-corrected chi connectivity index (χ1v) is 9.35. The highest BCUT2D eigenvalue weighted by Gasteiger charge is 2.35. The maximum atomic E-state index is 13.1. The maximum absolute atomic E-state index is 13.1. The Labute approximate surface area is 168 Å². The lowest BCUT2D eigenvalue weighted by molar-refractivity contribution is -0.120. The third kappa shape index (κ3) is 3.44. The van der Waals surface area contributed by atoms with Gasteiger partial charge in [0, 0.05) is 12.1 Å². The van der Waals surface area contributed by atoms with Crippen LogP contribution in [0.1, 0.15) is 29.3 Å². The minimum absolute atomic E-state index is 0.118. The zero-order valence-electron chi connectivity index (χ0n) is 16.2. The summed E-state index contributed by atoms with van der Waals surface area (Å²) >= 11 is 0. The van der Waals surface area contributed by atoms with Gasteiger partial charge in [0.2, 0.25) is 5.91 Å². The lowest BCUT2D eigenvalue weighted by Crippen LogP contribution is -2.43. The topological polar surface area (TPSA) is 89.3 Å². The molecule has 0 spiro atoms. The predicted octanol–water partition coefficient (Wildman–Crippen LogP) is 2.65. The van der Waals surface area contributed by atoms with Crippen LogP contribution < -0.4 is 10.1 Å². The zero-order valence-corrected chi connectivity index (χ0v) is 16.2. The van der Waals surface area contributed by atoms with Crippen LogP contribution in [0.3, 0.4) is 0 Å². The molecule has 0 saturated heterocycles. The summed E-state index contributed by atoms with van der Waals surface area (Å²) in [6.07, 6.45) is 3.64. The van der Waals surface area contributed by atoms with Gasteiger partial charge in [0.25, 0.3) is 5.91 Å². The van der Waals surface area contributed by atoms with Crippen molar-refractivity contribution in [1.29, 1.82) is 0 Å². The fourth-order valence-corrected chi connectivity index (χ4v) is 3.58. The van der Waals surface area contributed by atoms with Crippen molar-refractivity contribution in [2.45, 2.75) is 25.9 Å². The fourth-order valence-electron chi connectivity index (χ4n) is 3.58. The van der Waals surface area contributed by atoms with Crippen LogP contribution in [0, 0.1) is 0 Å². The highest BCUT2D eigenvalue weighted by atomic mass is 16.5. The summed E-state index contributed by atoms with van der Waals surface area (Å²) in [7, 11) is 1.54. The molecule has 29 heavy (non-hydrogen) atoms. The van der Waals surface area contributed by atoms with Crippen molar-refractivity contribution in [3.05, 3.63) is 66.2 Å². The van der Waals surface area contributed by atoms with Crippen molar-refractivity contribution in [2.24, 2.45) is 0 Å². The first-order chi connectivity index (χ1) is 14.1. The summed E-state index contributed by atoms with van der Waals surface area (Å²) in [6, 6.07) is 12.3. The standard InChI is InChI=1S/C21H21N5O3/c1-3-18(26-11-14-6-4-5-7-16(14)21(26)28)20(27)24-17-10-15(8-9-19(17)29-2)25-12-22-23-13-25/h4-10,12-13,18H,3,11H2,1-2H3,(H,24,27). The smallest absolute Gasteiger partial charge is 0.255 e. The second-order valence-electron chi connectivity index (χ2n) is 6.76. The predicted molar refractivity (Wildman–Crippen MR) is 107 cm³/mol. The number of anilines is 1. The second kappa shape index (κ2) is 7.75. The van der Waals surface area contributed by atoms with E-state index in [1.165, 1.54) is 0 Å². The number of rotatable bonds is 6. The number of nitrogens with zero attached hydrogens (tertiary/aromatic N) is 4. The van der Waals surface area contributed by atoms with E-state index in [2.05, 4.69) is 15.5 Å². The van der Waals surface area contributed by atoms with Crippen LogP contribution in [0.5, 0.6) is 5.75 Å². The molecule has 0 radical (unpaired) electrons. The van der Waals surface area contributed by atoms with Crippen molar-refractivity contribution >= 4 is 17.5 Å². The Morgan fingerprint density at radius 3 is 2.66 bits per heavy atom. The quantitative estimate of drug-likeness (QED) is 0.698. The molecule has 0 saturated carbocycles. The molecule has 1 N–H and O–H groups in total. The minimum Gasteiger partial charge on any atom is -0.495 e. The van der Waals surface area contributed by atoms with Crippen LogP contribution in [-0.4, -0.2) is 44.6 Å². The largest absolute Gasteiger partial charge is 0.495 e. The molecule has 3 aromatic rings. The molecule has 0 fully saturated rings. The molecule has 2 aromatic carbocycles. The van der Waals surface area contributed by atoms with Crippen LogP contribution in [0.15, 0.2) is 55.1 Å². The summed E-state index contributed by atoms with van der Waals surface area (Å²) in [4.78, 5) is 27.5. The van der Waals surface area contributed by atoms with Crippen LogP contribution >= 0.6 is 0 Å². The molecule has 4 rings (SSSR count). The molecule has 1 atom stereocenters. The van der Waals surface area contributed by atoms with Gasteiger partial charge < -0.3 is 15.0 Å². The number of benzene rings is 2. The molecule has 8 nitrogen and oxygen atoms in total. The van der Waals surface area contributed by atoms with Gasteiger partial charge >= 0.3 is 0 Å². The summed E-state index contributed by atoms with van der Waals surface area (Å²) in [6.45, 7) is 2.32. The summed E-state index contributed by atoms with van der Waals surface area (Å²) in [5.41, 5.74) is 2.90. The molecule has 1 aromatic heterocycles. The Hall–Kier alpha value is -3.68. The van der Waals surface area contributed by atoms with E-state index in [0.29, 0.717) is 30.0 Å². The zero-order chi connectivity index (χ0) is 20.4. The van der Waals surface area contributed by atoms with Gasteiger partial charge in [-0.3, -0.25) is 14.2 Å². The minimum atomic E-state index is -0.585. The SMILES string of the molecule is CCC(C(=O)Nc1cc(-n2cnnc2)ccc1OC)N1Cc2ccccc2C1=O. The summed E-state index contributed by atoms with van der Waals surface area (Å²) < 4.78 is 7.12. The lowest BCUT2D eigenvalue weighted by Gasteiger charge is -2.26. The van der Waals surface area contributed by atoms with Crippen molar-refractivity contribution < 1.29 is 14.3 Å². The highest BCUT2D eigenvalue weighted by molar-refractivity contribution is 6.04. The third-order valence-corrected chi connectivity index (χ3v) is 5.07. The van der Waals surface area contributed by atoms with Crippen molar-refractivity contribution in [3.63, 3.8) is 0 Å². The molecule has 1 unspecified atom stereocenters. The number of methoxy groups -OCH3 is 1. The number of ether oxygens (including phenoxy) is 1. The molecule has 1 aliphatic heterocycles. The monoisotopic (exact) mass is 391 g/mol. The van der Waals surface area contributed by atoms with Gasteiger partial charge in [-0.2, -0.15) is 0 Å². The Balaban J connectivity index is 1.58. The average molecular weight is 391 g/mol. The van der Waals surface area contributed by atoms with E-state index in [0.717, 1.165) is 11.3 Å². The molecule has 0 bridgehead atoms. The number of amides is 2. The molecule has 1 aliphatic rings. The van der Waals surface area contributed by atoms with Crippen LogP contribution in [0.2, 0.25) is 0 Å². The van der Waals surface area contributed by atoms with Crippen LogP contribution in [0.4, 0.5) is 5.69 Å². The molecule has 2 amide bonds. The summed E-state index contributed by atoms with van der Waals surface area (Å²) in [5.74, 6) is 0.154. The van der Waals surface area contributed by atoms with Gasteiger partial charge in [0.05, 0.1) is 18.5 Å². The highest BCUT2D eigenvalue weighted by Crippen LogP contribution is 2.29. The van der Waals surface area contributed by atoms with E-state index in [9.17, 15) is 9.59 Å². The van der Waals surface area contributed by atoms with E-state index in [1.807, 2.05) is 31.2 Å². The van der Waals surface area contributed by atoms with Gasteiger partial charge in [0.1, 0.15) is 24.4 Å².